The van der Waals surface area contributed by atoms with Gasteiger partial charge in [0.2, 0.25) is 0 Å². The Morgan fingerprint density at radius 1 is 1.23 bits per heavy atom. The highest BCUT2D eigenvalue weighted by molar-refractivity contribution is 5.82. The Bertz CT molecular complexity index is 893. The standard InChI is InChI=1S/C21H30N6O3/c1-14-12-27(13-18(14)20(28)30-5)21(23-11-19-25-24-15(2)26(19)3)22-10-16-6-8-17(29-4)9-7-16/h6-9,14,18H,10-13H2,1-5H3,(H,22,23). The van der Waals surface area contributed by atoms with Crippen molar-refractivity contribution in [2.75, 3.05) is 27.3 Å². The van der Waals surface area contributed by atoms with Gasteiger partial charge in [-0.15, -0.1) is 10.2 Å². The monoisotopic (exact) mass is 414 g/mol. The summed E-state index contributed by atoms with van der Waals surface area (Å²) in [6, 6.07) is 7.84. The Labute approximate surface area is 177 Å². The molecule has 2 aromatic rings. The third-order valence-electron chi connectivity index (χ3n) is 5.57. The van der Waals surface area contributed by atoms with Crippen molar-refractivity contribution < 1.29 is 14.3 Å². The molecule has 0 radical (unpaired) electrons. The summed E-state index contributed by atoms with van der Waals surface area (Å²) in [4.78, 5) is 19.0. The minimum Gasteiger partial charge on any atom is -0.497 e. The average molecular weight is 415 g/mol. The van der Waals surface area contributed by atoms with Crippen molar-refractivity contribution in [3.63, 3.8) is 0 Å². The first kappa shape index (κ1) is 21.6. The highest BCUT2D eigenvalue weighted by Gasteiger charge is 2.37. The number of carbonyl (C=O) groups is 1. The van der Waals surface area contributed by atoms with Crippen LogP contribution in [0.15, 0.2) is 29.3 Å². The summed E-state index contributed by atoms with van der Waals surface area (Å²) in [5.74, 6) is 3.06. The molecule has 3 rings (SSSR count). The number of aromatic nitrogens is 3. The molecule has 1 aromatic heterocycles. The fourth-order valence-corrected chi connectivity index (χ4v) is 3.53. The number of rotatable bonds is 6. The summed E-state index contributed by atoms with van der Waals surface area (Å²) < 4.78 is 12.1. The van der Waals surface area contributed by atoms with E-state index in [4.69, 9.17) is 14.5 Å². The Balaban J connectivity index is 1.76. The number of aliphatic imine (C=N–C) groups is 1. The average Bonchev–Trinajstić information content (AvgIpc) is 3.30. The van der Waals surface area contributed by atoms with Crippen LogP contribution in [0.1, 0.15) is 24.1 Å². The summed E-state index contributed by atoms with van der Waals surface area (Å²) in [5.41, 5.74) is 1.07. The van der Waals surface area contributed by atoms with E-state index in [1.54, 1.807) is 7.11 Å². The van der Waals surface area contributed by atoms with E-state index in [1.165, 1.54) is 7.11 Å². The van der Waals surface area contributed by atoms with Crippen molar-refractivity contribution in [1.82, 2.24) is 25.0 Å². The molecule has 1 saturated heterocycles. The maximum absolute atomic E-state index is 12.1. The molecule has 2 unspecified atom stereocenters. The lowest BCUT2D eigenvalue weighted by molar-refractivity contribution is -0.145. The number of likely N-dealkylation sites (tertiary alicyclic amines) is 1. The molecule has 1 aliphatic rings. The molecule has 1 N–H and O–H groups in total. The summed E-state index contributed by atoms with van der Waals surface area (Å²) >= 11 is 0. The van der Waals surface area contributed by atoms with E-state index in [1.807, 2.05) is 42.8 Å². The first-order valence-electron chi connectivity index (χ1n) is 10.0. The fourth-order valence-electron chi connectivity index (χ4n) is 3.53. The topological polar surface area (TPSA) is 93.9 Å². The molecule has 1 aliphatic heterocycles. The molecular formula is C21H30N6O3. The second-order valence-electron chi connectivity index (χ2n) is 7.58. The molecule has 9 heteroatoms. The smallest absolute Gasteiger partial charge is 0.310 e. The van der Waals surface area contributed by atoms with Crippen LogP contribution in [-0.4, -0.2) is 58.9 Å². The van der Waals surface area contributed by atoms with Gasteiger partial charge in [0, 0.05) is 20.1 Å². The summed E-state index contributed by atoms with van der Waals surface area (Å²) in [6.45, 7) is 6.28. The predicted octanol–water partition coefficient (Wildman–Crippen LogP) is 1.52. The highest BCUT2D eigenvalue weighted by atomic mass is 16.5. The molecular weight excluding hydrogens is 384 g/mol. The van der Waals surface area contributed by atoms with Gasteiger partial charge in [-0.2, -0.15) is 0 Å². The van der Waals surface area contributed by atoms with Gasteiger partial charge in [0.05, 0.1) is 33.2 Å². The number of hydrogen-bond donors (Lipinski definition) is 1. The number of esters is 1. The summed E-state index contributed by atoms with van der Waals surface area (Å²) in [7, 11) is 5.02. The van der Waals surface area contributed by atoms with E-state index in [2.05, 4.69) is 27.3 Å². The Morgan fingerprint density at radius 2 is 1.97 bits per heavy atom. The van der Waals surface area contributed by atoms with Gasteiger partial charge in [-0.1, -0.05) is 19.1 Å². The van der Waals surface area contributed by atoms with Crippen molar-refractivity contribution in [1.29, 1.82) is 0 Å². The van der Waals surface area contributed by atoms with Crippen LogP contribution in [0, 0.1) is 18.8 Å². The minimum absolute atomic E-state index is 0.167. The van der Waals surface area contributed by atoms with E-state index >= 15 is 0 Å². The molecule has 2 heterocycles. The number of carbonyl (C=O) groups excluding carboxylic acids is 1. The molecule has 1 fully saturated rings. The zero-order valence-electron chi connectivity index (χ0n) is 18.3. The van der Waals surface area contributed by atoms with E-state index in [0.717, 1.165) is 35.5 Å². The van der Waals surface area contributed by atoms with Gasteiger partial charge in [0.25, 0.3) is 0 Å². The number of guanidine groups is 1. The summed E-state index contributed by atoms with van der Waals surface area (Å²) in [6.07, 6.45) is 0. The van der Waals surface area contributed by atoms with Gasteiger partial charge < -0.3 is 24.3 Å². The zero-order valence-corrected chi connectivity index (χ0v) is 18.3. The second-order valence-corrected chi connectivity index (χ2v) is 7.58. The number of methoxy groups -OCH3 is 2. The van der Waals surface area contributed by atoms with E-state index in [-0.39, 0.29) is 17.8 Å². The van der Waals surface area contributed by atoms with Crippen LogP contribution in [0.25, 0.3) is 0 Å². The summed E-state index contributed by atoms with van der Waals surface area (Å²) in [5, 5.41) is 11.7. The van der Waals surface area contributed by atoms with Gasteiger partial charge in [-0.3, -0.25) is 4.79 Å². The molecule has 162 valence electrons. The molecule has 9 nitrogen and oxygen atoms in total. The maximum Gasteiger partial charge on any atom is 0.310 e. The normalized spacial score (nSPS) is 19.1. The Hall–Kier alpha value is -3.10. The maximum atomic E-state index is 12.1. The lowest BCUT2D eigenvalue weighted by atomic mass is 9.99. The third kappa shape index (κ3) is 4.90. The van der Waals surface area contributed by atoms with Crippen LogP contribution in [0.4, 0.5) is 0 Å². The molecule has 0 aliphatic carbocycles. The predicted molar refractivity (Wildman–Crippen MR) is 113 cm³/mol. The Kier molecular flexibility index (Phi) is 6.91. The fraction of sp³-hybridized carbons (Fsp3) is 0.524. The SMILES string of the molecule is COC(=O)C1CN(C(=NCc2ccc(OC)cc2)NCc2nnc(C)n2C)CC1C. The van der Waals surface area contributed by atoms with Gasteiger partial charge in [-0.25, -0.2) is 4.99 Å². The molecule has 0 saturated carbocycles. The van der Waals surface area contributed by atoms with Gasteiger partial charge >= 0.3 is 5.97 Å². The van der Waals surface area contributed by atoms with Gasteiger partial charge in [0.1, 0.15) is 11.6 Å². The van der Waals surface area contributed by atoms with E-state index in [9.17, 15) is 4.79 Å². The lowest BCUT2D eigenvalue weighted by Crippen LogP contribution is -2.40. The first-order chi connectivity index (χ1) is 14.4. The largest absolute Gasteiger partial charge is 0.497 e. The number of aryl methyl sites for hydroxylation is 1. The van der Waals surface area contributed by atoms with Crippen molar-refractivity contribution in [2.45, 2.75) is 26.9 Å². The number of nitrogens with one attached hydrogen (secondary N) is 1. The number of ether oxygens (including phenoxy) is 2. The lowest BCUT2D eigenvalue weighted by Gasteiger charge is -2.22. The first-order valence-corrected chi connectivity index (χ1v) is 10.0. The highest BCUT2D eigenvalue weighted by Crippen LogP contribution is 2.24. The molecule has 2 atom stereocenters. The number of nitrogens with zero attached hydrogens (tertiary/aromatic N) is 5. The van der Waals surface area contributed by atoms with Crippen molar-refractivity contribution in [3.05, 3.63) is 41.5 Å². The van der Waals surface area contributed by atoms with Crippen LogP contribution in [0.5, 0.6) is 5.75 Å². The van der Waals surface area contributed by atoms with Crippen molar-refractivity contribution in [2.24, 2.45) is 23.9 Å². The van der Waals surface area contributed by atoms with Crippen LogP contribution >= 0.6 is 0 Å². The third-order valence-corrected chi connectivity index (χ3v) is 5.57. The zero-order chi connectivity index (χ0) is 21.7. The molecule has 0 bridgehead atoms. The number of benzene rings is 1. The molecule has 30 heavy (non-hydrogen) atoms. The van der Waals surface area contributed by atoms with Crippen molar-refractivity contribution >= 4 is 11.9 Å². The number of hydrogen-bond acceptors (Lipinski definition) is 6. The Morgan fingerprint density at radius 3 is 2.57 bits per heavy atom. The molecule has 0 spiro atoms. The molecule has 1 aromatic carbocycles. The quantitative estimate of drug-likeness (QED) is 0.435. The van der Waals surface area contributed by atoms with Crippen LogP contribution < -0.4 is 10.1 Å². The van der Waals surface area contributed by atoms with Crippen molar-refractivity contribution in [3.8, 4) is 5.75 Å². The van der Waals surface area contributed by atoms with Crippen LogP contribution in [0.2, 0.25) is 0 Å². The van der Waals surface area contributed by atoms with Gasteiger partial charge in [-0.05, 0) is 30.5 Å². The van der Waals surface area contributed by atoms with Gasteiger partial charge in [0.15, 0.2) is 11.8 Å². The minimum atomic E-state index is -0.177. The van der Waals surface area contributed by atoms with E-state index in [0.29, 0.717) is 19.6 Å². The second kappa shape index (κ2) is 9.60. The van der Waals surface area contributed by atoms with Crippen LogP contribution in [0.3, 0.4) is 0 Å². The molecule has 0 amide bonds. The van der Waals surface area contributed by atoms with Crippen LogP contribution in [-0.2, 0) is 29.7 Å². The van der Waals surface area contributed by atoms with E-state index < -0.39 is 0 Å².